The van der Waals surface area contributed by atoms with Gasteiger partial charge in [-0.1, -0.05) is 0 Å². The summed E-state index contributed by atoms with van der Waals surface area (Å²) in [6.45, 7) is 0. The molecule has 3 rings (SSSR count). The van der Waals surface area contributed by atoms with Crippen LogP contribution in [0.3, 0.4) is 0 Å². The summed E-state index contributed by atoms with van der Waals surface area (Å²) in [5.41, 5.74) is 2.55. The molecule has 0 fully saturated rings. The van der Waals surface area contributed by atoms with Crippen LogP contribution in [0.5, 0.6) is 0 Å². The number of aromatic nitrogens is 5. The van der Waals surface area contributed by atoms with Gasteiger partial charge in [-0.25, -0.2) is 24.9 Å². The molecule has 0 spiro atoms. The molecule has 0 radical (unpaired) electrons. The van der Waals surface area contributed by atoms with Crippen LogP contribution in [0, 0.1) is 0 Å². The van der Waals surface area contributed by atoms with Crippen LogP contribution < -0.4 is 0 Å². The molecular weight excluding hydrogens is 210 g/mol. The molecule has 6 heteroatoms. The Labute approximate surface area is 89.9 Å². The first kappa shape index (κ1) is 9.60. The van der Waals surface area contributed by atoms with E-state index in [9.17, 15) is 0 Å². The lowest BCUT2D eigenvalue weighted by Crippen LogP contribution is -1.74. The second kappa shape index (κ2) is 5.06. The number of rotatable bonds is 0. The molecule has 0 saturated heterocycles. The van der Waals surface area contributed by atoms with Gasteiger partial charge in [0.25, 0.3) is 0 Å². The SMILES string of the molecule is c1cncnc1.c1ncc2scnc2n1. The third-order valence-electron chi connectivity index (χ3n) is 1.49. The molecule has 0 unspecified atom stereocenters. The molecular formula is C9H7N5S. The predicted octanol–water partition coefficient (Wildman–Crippen LogP) is 1.56. The van der Waals surface area contributed by atoms with Crippen molar-refractivity contribution in [3.8, 4) is 0 Å². The molecule has 0 N–H and O–H groups in total. The Hall–Kier alpha value is -1.95. The van der Waals surface area contributed by atoms with E-state index in [0.717, 1.165) is 10.3 Å². The van der Waals surface area contributed by atoms with Crippen molar-refractivity contribution in [1.82, 2.24) is 24.9 Å². The Bertz CT molecular complexity index is 453. The van der Waals surface area contributed by atoms with E-state index < -0.39 is 0 Å². The fourth-order valence-corrected chi connectivity index (χ4v) is 1.48. The van der Waals surface area contributed by atoms with Gasteiger partial charge in [0, 0.05) is 18.6 Å². The molecule has 0 aliphatic rings. The normalized spacial score (nSPS) is 9.33. The molecule has 15 heavy (non-hydrogen) atoms. The van der Waals surface area contributed by atoms with Crippen molar-refractivity contribution >= 4 is 21.7 Å². The number of nitrogens with zero attached hydrogens (tertiary/aromatic N) is 5. The topological polar surface area (TPSA) is 64.5 Å². The van der Waals surface area contributed by atoms with Crippen molar-refractivity contribution in [3.63, 3.8) is 0 Å². The molecule has 0 amide bonds. The van der Waals surface area contributed by atoms with Crippen LogP contribution in [0.25, 0.3) is 10.3 Å². The van der Waals surface area contributed by atoms with Gasteiger partial charge in [-0.2, -0.15) is 0 Å². The second-order valence-corrected chi connectivity index (χ2v) is 3.35. The summed E-state index contributed by atoms with van der Waals surface area (Å²) in [5.74, 6) is 0. The summed E-state index contributed by atoms with van der Waals surface area (Å²) >= 11 is 1.55. The van der Waals surface area contributed by atoms with E-state index in [1.54, 1.807) is 41.5 Å². The van der Waals surface area contributed by atoms with Crippen LogP contribution in [-0.4, -0.2) is 24.9 Å². The van der Waals surface area contributed by atoms with E-state index >= 15 is 0 Å². The first-order chi connectivity index (χ1) is 7.47. The van der Waals surface area contributed by atoms with Crippen molar-refractivity contribution in [3.05, 3.63) is 42.8 Å². The molecule has 3 aromatic rings. The summed E-state index contributed by atoms with van der Waals surface area (Å²) in [4.78, 5) is 19.1. The fourth-order valence-electron chi connectivity index (χ4n) is 0.877. The van der Waals surface area contributed by atoms with Gasteiger partial charge >= 0.3 is 0 Å². The maximum atomic E-state index is 3.99. The Kier molecular flexibility index (Phi) is 3.24. The third kappa shape index (κ3) is 2.75. The molecule has 0 aliphatic heterocycles. The third-order valence-corrected chi connectivity index (χ3v) is 2.24. The standard InChI is InChI=1S/C5H3N3S.C4H4N2/c1-4-5(7-2-6-1)8-3-9-4;1-2-5-4-6-3-1/h1-3H;1-4H. The van der Waals surface area contributed by atoms with Crippen molar-refractivity contribution in [2.75, 3.05) is 0 Å². The van der Waals surface area contributed by atoms with Gasteiger partial charge in [-0.3, -0.25) is 0 Å². The zero-order valence-corrected chi connectivity index (χ0v) is 8.50. The number of thiazole rings is 1. The van der Waals surface area contributed by atoms with Crippen LogP contribution in [0.4, 0.5) is 0 Å². The minimum Gasteiger partial charge on any atom is -0.245 e. The highest BCUT2D eigenvalue weighted by Crippen LogP contribution is 2.11. The number of fused-ring (bicyclic) bond motifs is 1. The predicted molar refractivity (Wildman–Crippen MR) is 57.2 cm³/mol. The van der Waals surface area contributed by atoms with Gasteiger partial charge in [-0.05, 0) is 6.07 Å². The van der Waals surface area contributed by atoms with Crippen LogP contribution in [0.2, 0.25) is 0 Å². The van der Waals surface area contributed by atoms with Gasteiger partial charge < -0.3 is 0 Å². The van der Waals surface area contributed by atoms with Gasteiger partial charge in [0.15, 0.2) is 5.65 Å². The zero-order valence-electron chi connectivity index (χ0n) is 7.69. The van der Waals surface area contributed by atoms with Gasteiger partial charge in [0.1, 0.15) is 12.7 Å². The van der Waals surface area contributed by atoms with Crippen molar-refractivity contribution in [2.24, 2.45) is 0 Å². The molecule has 3 heterocycles. The first-order valence-electron chi connectivity index (χ1n) is 4.16. The Morgan fingerprint density at radius 3 is 2.40 bits per heavy atom. The van der Waals surface area contributed by atoms with E-state index in [1.807, 2.05) is 0 Å². The van der Waals surface area contributed by atoms with E-state index in [1.165, 1.54) is 12.7 Å². The smallest absolute Gasteiger partial charge is 0.173 e. The molecule has 5 nitrogen and oxygen atoms in total. The summed E-state index contributed by atoms with van der Waals surface area (Å²) in [5, 5.41) is 0. The van der Waals surface area contributed by atoms with E-state index in [2.05, 4.69) is 24.9 Å². The first-order valence-corrected chi connectivity index (χ1v) is 5.04. The van der Waals surface area contributed by atoms with E-state index in [-0.39, 0.29) is 0 Å². The largest absolute Gasteiger partial charge is 0.245 e. The Morgan fingerprint density at radius 2 is 1.80 bits per heavy atom. The number of hydrogen-bond donors (Lipinski definition) is 0. The maximum absolute atomic E-state index is 3.99. The van der Waals surface area contributed by atoms with Gasteiger partial charge in [0.05, 0.1) is 10.2 Å². The average molecular weight is 217 g/mol. The van der Waals surface area contributed by atoms with E-state index in [0.29, 0.717) is 0 Å². The fraction of sp³-hybridized carbons (Fsp3) is 0. The lowest BCUT2D eigenvalue weighted by Gasteiger charge is -1.79. The van der Waals surface area contributed by atoms with Crippen LogP contribution in [0.15, 0.2) is 42.8 Å². The maximum Gasteiger partial charge on any atom is 0.173 e. The molecule has 0 aromatic carbocycles. The molecule has 0 aliphatic carbocycles. The number of hydrogen-bond acceptors (Lipinski definition) is 6. The van der Waals surface area contributed by atoms with Crippen LogP contribution in [0.1, 0.15) is 0 Å². The van der Waals surface area contributed by atoms with Gasteiger partial charge in [-0.15, -0.1) is 11.3 Å². The molecule has 0 atom stereocenters. The summed E-state index contributed by atoms with van der Waals surface area (Å²) in [6, 6.07) is 1.78. The zero-order chi connectivity index (χ0) is 10.3. The molecule has 74 valence electrons. The second-order valence-electron chi connectivity index (χ2n) is 2.47. The summed E-state index contributed by atoms with van der Waals surface area (Å²) in [6.07, 6.45) is 8.14. The molecule has 0 saturated carbocycles. The van der Waals surface area contributed by atoms with Crippen LogP contribution in [-0.2, 0) is 0 Å². The average Bonchev–Trinajstić information content (AvgIpc) is 2.80. The van der Waals surface area contributed by atoms with Gasteiger partial charge in [0.2, 0.25) is 0 Å². The minimum atomic E-state index is 0.787. The minimum absolute atomic E-state index is 0.787. The quantitative estimate of drug-likeness (QED) is 0.571. The Morgan fingerprint density at radius 1 is 0.933 bits per heavy atom. The highest BCUT2D eigenvalue weighted by Gasteiger charge is 1.92. The van der Waals surface area contributed by atoms with E-state index in [4.69, 9.17) is 0 Å². The lowest BCUT2D eigenvalue weighted by molar-refractivity contribution is 1.17. The summed E-state index contributed by atoms with van der Waals surface area (Å²) < 4.78 is 1.04. The monoisotopic (exact) mass is 217 g/mol. The highest BCUT2D eigenvalue weighted by atomic mass is 32.1. The molecule has 3 aromatic heterocycles. The Balaban J connectivity index is 0.000000124. The van der Waals surface area contributed by atoms with Crippen molar-refractivity contribution < 1.29 is 0 Å². The lowest BCUT2D eigenvalue weighted by atomic mass is 10.6. The van der Waals surface area contributed by atoms with Crippen molar-refractivity contribution in [2.45, 2.75) is 0 Å². The van der Waals surface area contributed by atoms with Crippen molar-refractivity contribution in [1.29, 1.82) is 0 Å². The summed E-state index contributed by atoms with van der Waals surface area (Å²) in [7, 11) is 0. The van der Waals surface area contributed by atoms with Crippen LogP contribution >= 0.6 is 11.3 Å². The highest BCUT2D eigenvalue weighted by molar-refractivity contribution is 7.16. The molecule has 0 bridgehead atoms.